The van der Waals surface area contributed by atoms with Gasteiger partial charge in [-0.2, -0.15) is 0 Å². The molecule has 22 heavy (non-hydrogen) atoms. The second kappa shape index (κ2) is 5.25. The van der Waals surface area contributed by atoms with Gasteiger partial charge in [-0.15, -0.1) is 0 Å². The van der Waals surface area contributed by atoms with E-state index in [-0.39, 0.29) is 0 Å². The minimum absolute atomic E-state index is 0.681. The van der Waals surface area contributed by atoms with Crippen molar-refractivity contribution in [2.45, 2.75) is 26.9 Å². The van der Waals surface area contributed by atoms with E-state index in [0.29, 0.717) is 6.16 Å². The molecule has 0 aliphatic heterocycles. The summed E-state index contributed by atoms with van der Waals surface area (Å²) < 4.78 is 12.2. The molecule has 0 bridgehead atoms. The van der Waals surface area contributed by atoms with Gasteiger partial charge in [-0.1, -0.05) is 36.4 Å². The molecule has 3 aromatic carbocycles. The van der Waals surface area contributed by atoms with Crippen molar-refractivity contribution in [2.24, 2.45) is 0 Å². The van der Waals surface area contributed by atoms with Gasteiger partial charge in [0.2, 0.25) is 0 Å². The maximum absolute atomic E-state index is 12.2. The third kappa shape index (κ3) is 2.48. The molecule has 3 aromatic rings. The summed E-state index contributed by atoms with van der Waals surface area (Å²) in [5.41, 5.74) is 5.17. The first-order valence-electron chi connectivity index (χ1n) is 7.73. The zero-order valence-electron chi connectivity index (χ0n) is 14.0. The topological polar surface area (TPSA) is 17.1 Å². The van der Waals surface area contributed by atoms with Crippen LogP contribution in [0.2, 0.25) is 0 Å². The van der Waals surface area contributed by atoms with E-state index in [4.69, 9.17) is 0 Å². The monoisotopic (exact) mass is 310 g/mol. The molecular formula is C20H23OP. The van der Waals surface area contributed by atoms with E-state index in [2.05, 4.69) is 57.2 Å². The molecule has 114 valence electrons. The largest absolute Gasteiger partial charge is 0.324 e. The molecule has 1 nitrogen and oxygen atoms in total. The molecule has 0 saturated heterocycles. The summed E-state index contributed by atoms with van der Waals surface area (Å²) in [6.07, 6.45) is 0.681. The first-order chi connectivity index (χ1) is 10.3. The summed E-state index contributed by atoms with van der Waals surface area (Å²) in [5, 5.41) is 5.31. The van der Waals surface area contributed by atoms with E-state index >= 15 is 0 Å². The fourth-order valence-corrected chi connectivity index (χ4v) is 4.71. The number of rotatable bonds is 2. The quantitative estimate of drug-likeness (QED) is 0.416. The van der Waals surface area contributed by atoms with Crippen molar-refractivity contribution in [3.8, 4) is 0 Å². The number of aryl methyl sites for hydroxylation is 3. The van der Waals surface area contributed by atoms with Crippen molar-refractivity contribution < 1.29 is 4.57 Å². The van der Waals surface area contributed by atoms with Crippen LogP contribution in [-0.4, -0.2) is 13.3 Å². The van der Waals surface area contributed by atoms with Crippen molar-refractivity contribution in [3.05, 3.63) is 58.7 Å². The number of hydrogen-bond acceptors (Lipinski definition) is 1. The lowest BCUT2D eigenvalue weighted by atomic mass is 9.89. The lowest BCUT2D eigenvalue weighted by molar-refractivity contribution is 0.582. The average Bonchev–Trinajstić information content (AvgIpc) is 2.45. The summed E-state index contributed by atoms with van der Waals surface area (Å²) in [5.74, 6) is 0. The zero-order chi connectivity index (χ0) is 16.1. The summed E-state index contributed by atoms with van der Waals surface area (Å²) in [4.78, 5) is 0. The summed E-state index contributed by atoms with van der Waals surface area (Å²) in [6, 6.07) is 13.0. The Morgan fingerprint density at radius 1 is 0.773 bits per heavy atom. The molecule has 0 fully saturated rings. The lowest BCUT2D eigenvalue weighted by Crippen LogP contribution is -1.96. The first kappa shape index (κ1) is 15.3. The first-order valence-corrected chi connectivity index (χ1v) is 10.5. The van der Waals surface area contributed by atoms with Crippen LogP contribution >= 0.6 is 7.14 Å². The van der Waals surface area contributed by atoms with Gasteiger partial charge in [-0.05, 0) is 77.9 Å². The normalized spacial score (nSPS) is 12.2. The van der Waals surface area contributed by atoms with Crippen LogP contribution in [0.4, 0.5) is 0 Å². The van der Waals surface area contributed by atoms with Gasteiger partial charge in [0, 0.05) is 6.16 Å². The van der Waals surface area contributed by atoms with Gasteiger partial charge in [0.15, 0.2) is 0 Å². The molecule has 0 amide bonds. The smallest absolute Gasteiger partial charge is 0.0861 e. The van der Waals surface area contributed by atoms with Crippen LogP contribution in [-0.2, 0) is 10.7 Å². The van der Waals surface area contributed by atoms with Crippen LogP contribution in [0, 0.1) is 20.8 Å². The molecule has 2 heteroatoms. The molecule has 3 rings (SSSR count). The van der Waals surface area contributed by atoms with Crippen LogP contribution in [0.3, 0.4) is 0 Å². The van der Waals surface area contributed by atoms with Gasteiger partial charge >= 0.3 is 0 Å². The van der Waals surface area contributed by atoms with Gasteiger partial charge in [0.25, 0.3) is 0 Å². The summed E-state index contributed by atoms with van der Waals surface area (Å²) in [7, 11) is -2.07. The third-order valence-electron chi connectivity index (χ3n) is 4.64. The van der Waals surface area contributed by atoms with Crippen molar-refractivity contribution in [1.82, 2.24) is 0 Å². The second-order valence-corrected chi connectivity index (χ2v) is 10.3. The van der Waals surface area contributed by atoms with E-state index in [1.165, 1.54) is 43.8 Å². The maximum atomic E-state index is 12.2. The third-order valence-corrected chi connectivity index (χ3v) is 5.74. The van der Waals surface area contributed by atoms with Gasteiger partial charge in [-0.3, -0.25) is 0 Å². The van der Waals surface area contributed by atoms with Crippen molar-refractivity contribution >= 4 is 28.7 Å². The van der Waals surface area contributed by atoms with Crippen LogP contribution < -0.4 is 0 Å². The van der Waals surface area contributed by atoms with E-state index in [0.717, 1.165) is 0 Å². The maximum Gasteiger partial charge on any atom is 0.0861 e. The molecule has 0 spiro atoms. The molecule has 0 N–H and O–H groups in total. The van der Waals surface area contributed by atoms with Crippen LogP contribution in [0.25, 0.3) is 21.5 Å². The Labute approximate surface area is 132 Å². The summed E-state index contributed by atoms with van der Waals surface area (Å²) >= 11 is 0. The molecule has 0 unspecified atom stereocenters. The highest BCUT2D eigenvalue weighted by Gasteiger charge is 2.15. The minimum atomic E-state index is -2.07. The van der Waals surface area contributed by atoms with E-state index in [1.54, 1.807) is 0 Å². The van der Waals surface area contributed by atoms with Crippen LogP contribution in [0.1, 0.15) is 22.3 Å². The molecular weight excluding hydrogens is 287 g/mol. The lowest BCUT2D eigenvalue weighted by Gasteiger charge is -2.17. The van der Waals surface area contributed by atoms with E-state index in [9.17, 15) is 4.57 Å². The van der Waals surface area contributed by atoms with Gasteiger partial charge in [-0.25, -0.2) is 0 Å². The van der Waals surface area contributed by atoms with Crippen LogP contribution in [0.15, 0.2) is 36.4 Å². The molecule has 0 radical (unpaired) electrons. The van der Waals surface area contributed by atoms with Crippen molar-refractivity contribution in [1.29, 1.82) is 0 Å². The number of fused-ring (bicyclic) bond motifs is 2. The van der Waals surface area contributed by atoms with E-state index in [1.807, 2.05) is 13.3 Å². The second-order valence-electron chi connectivity index (χ2n) is 6.80. The Kier molecular flexibility index (Phi) is 3.65. The van der Waals surface area contributed by atoms with Crippen molar-refractivity contribution in [3.63, 3.8) is 0 Å². The molecule has 0 saturated carbocycles. The van der Waals surface area contributed by atoms with Crippen LogP contribution in [0.5, 0.6) is 0 Å². The predicted octanol–water partition coefficient (Wildman–Crippen LogP) is 6.04. The SMILES string of the molecule is Cc1c2ccccc2c(C)c2c(C)c(CP(C)(C)=O)ccc12. The Morgan fingerprint density at radius 2 is 1.36 bits per heavy atom. The standard InChI is InChI=1S/C20H23OP/c1-13-16(12-22(4,5)21)10-11-19-14(2)17-8-6-7-9-18(17)15(3)20(13)19/h6-11H,12H2,1-5H3. The molecule has 0 aliphatic carbocycles. The van der Waals surface area contributed by atoms with Gasteiger partial charge in [0.1, 0.15) is 0 Å². The fourth-order valence-electron chi connectivity index (χ4n) is 3.55. The van der Waals surface area contributed by atoms with E-state index < -0.39 is 7.14 Å². The Hall–Kier alpha value is -1.59. The predicted molar refractivity (Wildman–Crippen MR) is 98.8 cm³/mol. The van der Waals surface area contributed by atoms with Crippen molar-refractivity contribution in [2.75, 3.05) is 13.3 Å². The Bertz CT molecular complexity index is 931. The highest BCUT2D eigenvalue weighted by Crippen LogP contribution is 2.43. The summed E-state index contributed by atoms with van der Waals surface area (Å²) in [6.45, 7) is 10.3. The zero-order valence-corrected chi connectivity index (χ0v) is 14.9. The molecule has 0 atom stereocenters. The highest BCUT2D eigenvalue weighted by molar-refractivity contribution is 7.61. The number of hydrogen-bond donors (Lipinski definition) is 0. The van der Waals surface area contributed by atoms with Gasteiger partial charge < -0.3 is 4.57 Å². The Morgan fingerprint density at radius 3 is 1.95 bits per heavy atom. The average molecular weight is 310 g/mol. The highest BCUT2D eigenvalue weighted by atomic mass is 31.2. The molecule has 0 aliphatic rings. The fraction of sp³-hybridized carbons (Fsp3) is 0.300. The molecule has 0 aromatic heterocycles. The minimum Gasteiger partial charge on any atom is -0.324 e. The Balaban J connectivity index is 2.42. The van der Waals surface area contributed by atoms with Gasteiger partial charge in [0.05, 0.1) is 7.14 Å². The number of benzene rings is 3. The molecule has 0 heterocycles.